The molecule has 1 aromatic carbocycles. The summed E-state index contributed by atoms with van der Waals surface area (Å²) < 4.78 is 21.2. The van der Waals surface area contributed by atoms with Gasteiger partial charge in [-0.2, -0.15) is 0 Å². The van der Waals surface area contributed by atoms with Gasteiger partial charge in [0.05, 0.1) is 10.7 Å². The molecule has 0 bridgehead atoms. The largest absolute Gasteiger partial charge is 0.269 e. The molecule has 0 aromatic heterocycles. The predicted molar refractivity (Wildman–Crippen MR) is 61.8 cm³/mol. The van der Waals surface area contributed by atoms with E-state index in [4.69, 9.17) is 10.7 Å². The van der Waals surface area contributed by atoms with Crippen LogP contribution in [0.4, 0.5) is 5.69 Å². The Morgan fingerprint density at radius 3 is 2.31 bits per heavy atom. The first kappa shape index (κ1) is 12.7. The van der Waals surface area contributed by atoms with E-state index in [1.807, 2.05) is 0 Å². The minimum Gasteiger partial charge on any atom is -0.258 e. The van der Waals surface area contributed by atoms with Gasteiger partial charge in [0.25, 0.3) is 5.69 Å². The minimum atomic E-state index is -3.54. The summed E-state index contributed by atoms with van der Waals surface area (Å²) in [6.07, 6.45) is 2.91. The lowest BCUT2D eigenvalue weighted by atomic mass is 10.2. The Hall–Kier alpha value is -1.40. The van der Waals surface area contributed by atoms with Crippen molar-refractivity contribution in [1.29, 1.82) is 0 Å². The Morgan fingerprint density at radius 1 is 1.31 bits per heavy atom. The number of hydrogen-bond acceptors (Lipinski definition) is 4. The van der Waals surface area contributed by atoms with E-state index >= 15 is 0 Å². The number of nitrogens with zero attached hydrogens (tertiary/aromatic N) is 1. The lowest BCUT2D eigenvalue weighted by Crippen LogP contribution is -1.92. The van der Waals surface area contributed by atoms with Gasteiger partial charge in [0, 0.05) is 22.8 Å². The molecule has 0 radical (unpaired) electrons. The van der Waals surface area contributed by atoms with Gasteiger partial charge in [-0.25, -0.2) is 8.42 Å². The van der Waals surface area contributed by atoms with Crippen LogP contribution < -0.4 is 0 Å². The van der Waals surface area contributed by atoms with Gasteiger partial charge in [0.1, 0.15) is 0 Å². The van der Waals surface area contributed by atoms with Gasteiger partial charge in [-0.1, -0.05) is 12.2 Å². The zero-order valence-electron chi connectivity index (χ0n) is 8.04. The third kappa shape index (κ3) is 4.41. The predicted octanol–water partition coefficient (Wildman–Crippen LogP) is 2.18. The lowest BCUT2D eigenvalue weighted by molar-refractivity contribution is -0.384. The fourth-order valence-electron chi connectivity index (χ4n) is 1.01. The molecule has 0 saturated carbocycles. The molecule has 0 aliphatic rings. The van der Waals surface area contributed by atoms with E-state index < -0.39 is 14.0 Å². The first-order valence-electron chi connectivity index (χ1n) is 4.22. The molecule has 7 heteroatoms. The van der Waals surface area contributed by atoms with Gasteiger partial charge in [-0.3, -0.25) is 10.1 Å². The third-order valence-electron chi connectivity index (χ3n) is 1.71. The summed E-state index contributed by atoms with van der Waals surface area (Å²) in [4.78, 5) is 9.85. The lowest BCUT2D eigenvalue weighted by Gasteiger charge is -1.93. The molecule has 0 atom stereocenters. The maximum absolute atomic E-state index is 10.6. The summed E-state index contributed by atoms with van der Waals surface area (Å²) in [5, 5.41) is 10.3. The Bertz CT molecular complexity index is 507. The van der Waals surface area contributed by atoms with Crippen LogP contribution in [0.15, 0.2) is 30.3 Å². The van der Waals surface area contributed by atoms with E-state index in [1.165, 1.54) is 36.4 Å². The summed E-state index contributed by atoms with van der Waals surface area (Å²) >= 11 is 0. The van der Waals surface area contributed by atoms with E-state index in [0.29, 0.717) is 5.56 Å². The van der Waals surface area contributed by atoms with E-state index in [1.54, 1.807) is 0 Å². The summed E-state index contributed by atoms with van der Waals surface area (Å²) in [5.74, 6) is -0.272. The second kappa shape index (κ2) is 5.09. The molecule has 86 valence electrons. The highest BCUT2D eigenvalue weighted by Gasteiger charge is 2.03. The Kier molecular flexibility index (Phi) is 4.03. The van der Waals surface area contributed by atoms with Crippen LogP contribution in [0.2, 0.25) is 0 Å². The van der Waals surface area contributed by atoms with Gasteiger partial charge < -0.3 is 0 Å². The molecule has 1 aromatic rings. The van der Waals surface area contributed by atoms with Crippen LogP contribution in [0, 0.1) is 10.1 Å². The average molecular weight is 262 g/mol. The first-order valence-corrected chi connectivity index (χ1v) is 6.70. The van der Waals surface area contributed by atoms with E-state index in [2.05, 4.69) is 0 Å². The van der Waals surface area contributed by atoms with Crippen molar-refractivity contribution < 1.29 is 13.3 Å². The van der Waals surface area contributed by atoms with E-state index in [9.17, 15) is 18.5 Å². The molecule has 0 aliphatic carbocycles. The maximum atomic E-state index is 10.6. The third-order valence-corrected chi connectivity index (χ3v) is 2.68. The number of nitro benzene ring substituents is 1. The topological polar surface area (TPSA) is 77.3 Å². The van der Waals surface area contributed by atoms with Crippen molar-refractivity contribution in [3.05, 3.63) is 46.0 Å². The molecule has 0 fully saturated rings. The number of hydrogen-bond donors (Lipinski definition) is 0. The molecular formula is C9H8ClNO4S. The molecule has 5 nitrogen and oxygen atoms in total. The van der Waals surface area contributed by atoms with Crippen molar-refractivity contribution in [1.82, 2.24) is 0 Å². The summed E-state index contributed by atoms with van der Waals surface area (Å²) in [7, 11) is 1.46. The highest BCUT2D eigenvalue weighted by molar-refractivity contribution is 8.13. The summed E-state index contributed by atoms with van der Waals surface area (Å²) in [6, 6.07) is 5.73. The second-order valence-corrected chi connectivity index (χ2v) is 5.78. The zero-order valence-corrected chi connectivity index (χ0v) is 9.61. The van der Waals surface area contributed by atoms with Gasteiger partial charge in [0.2, 0.25) is 9.05 Å². The number of halogens is 1. The van der Waals surface area contributed by atoms with E-state index in [-0.39, 0.29) is 11.4 Å². The quantitative estimate of drug-likeness (QED) is 0.473. The average Bonchev–Trinajstić information content (AvgIpc) is 2.16. The zero-order chi connectivity index (χ0) is 12.2. The van der Waals surface area contributed by atoms with Gasteiger partial charge in [-0.05, 0) is 17.7 Å². The molecule has 0 saturated heterocycles. The van der Waals surface area contributed by atoms with Crippen molar-refractivity contribution in [3.63, 3.8) is 0 Å². The molecule has 0 aliphatic heterocycles. The van der Waals surface area contributed by atoms with Crippen LogP contribution in [0.5, 0.6) is 0 Å². The number of benzene rings is 1. The van der Waals surface area contributed by atoms with Crippen molar-refractivity contribution in [2.45, 2.75) is 0 Å². The Balaban J connectivity index is 2.73. The SMILES string of the molecule is O=[N+]([O-])c1ccc(C=CCS(=O)(=O)Cl)cc1. The number of rotatable bonds is 4. The smallest absolute Gasteiger partial charge is 0.258 e. The van der Waals surface area contributed by atoms with Crippen LogP contribution in [-0.2, 0) is 9.05 Å². The Morgan fingerprint density at radius 2 is 1.88 bits per heavy atom. The molecule has 16 heavy (non-hydrogen) atoms. The minimum absolute atomic E-state index is 0.0119. The second-order valence-electron chi connectivity index (χ2n) is 2.96. The van der Waals surface area contributed by atoms with Crippen molar-refractivity contribution in [3.8, 4) is 0 Å². The summed E-state index contributed by atoms with van der Waals surface area (Å²) in [6.45, 7) is 0. The highest BCUT2D eigenvalue weighted by Crippen LogP contribution is 2.13. The maximum Gasteiger partial charge on any atom is 0.269 e. The standard InChI is InChI=1S/C9H8ClNO4S/c10-16(14,15)7-1-2-8-3-5-9(6-4-8)11(12)13/h1-6H,7H2. The van der Waals surface area contributed by atoms with Gasteiger partial charge in [-0.15, -0.1) is 0 Å². The molecule has 0 amide bonds. The summed E-state index contributed by atoms with van der Waals surface area (Å²) in [5.41, 5.74) is 0.660. The molecule has 1 rings (SSSR count). The molecule has 0 heterocycles. The number of non-ortho nitro benzene ring substituents is 1. The fraction of sp³-hybridized carbons (Fsp3) is 0.111. The van der Waals surface area contributed by atoms with Crippen LogP contribution in [-0.4, -0.2) is 19.1 Å². The fourth-order valence-corrected chi connectivity index (χ4v) is 1.55. The van der Waals surface area contributed by atoms with E-state index in [0.717, 1.165) is 0 Å². The first-order chi connectivity index (χ1) is 7.38. The monoisotopic (exact) mass is 261 g/mol. The molecule has 0 N–H and O–H groups in total. The number of nitro groups is 1. The molecule has 0 spiro atoms. The van der Waals surface area contributed by atoms with Crippen molar-refractivity contribution >= 4 is 31.5 Å². The van der Waals surface area contributed by atoms with Gasteiger partial charge in [0.15, 0.2) is 0 Å². The van der Waals surface area contributed by atoms with Crippen LogP contribution in [0.25, 0.3) is 6.08 Å². The van der Waals surface area contributed by atoms with Crippen LogP contribution in [0.1, 0.15) is 5.56 Å². The highest BCUT2D eigenvalue weighted by atomic mass is 35.7. The molecule has 0 unspecified atom stereocenters. The van der Waals surface area contributed by atoms with Crippen molar-refractivity contribution in [2.24, 2.45) is 0 Å². The van der Waals surface area contributed by atoms with Crippen molar-refractivity contribution in [2.75, 3.05) is 5.75 Å². The Labute approximate surface area is 96.9 Å². The van der Waals surface area contributed by atoms with Gasteiger partial charge >= 0.3 is 0 Å². The van der Waals surface area contributed by atoms with Crippen LogP contribution in [0.3, 0.4) is 0 Å². The normalized spacial score (nSPS) is 11.8. The molecular weight excluding hydrogens is 254 g/mol. The van der Waals surface area contributed by atoms with Crippen LogP contribution >= 0.6 is 10.7 Å².